The Balaban J connectivity index is 1.37. The Morgan fingerprint density at radius 1 is 0.966 bits per heavy atom. The van der Waals surface area contributed by atoms with Gasteiger partial charge in [0.15, 0.2) is 0 Å². The number of nitrogens with zero attached hydrogens (tertiary/aromatic N) is 1. The molecule has 1 aliphatic rings. The van der Waals surface area contributed by atoms with Gasteiger partial charge in [0.2, 0.25) is 10.0 Å². The van der Waals surface area contributed by atoms with E-state index in [0.717, 1.165) is 50.5 Å². The van der Waals surface area contributed by atoms with E-state index >= 15 is 0 Å². The topological polar surface area (TPSA) is 67.9 Å². The quantitative estimate of drug-likeness (QED) is 0.601. The van der Waals surface area contributed by atoms with Gasteiger partial charge >= 0.3 is 0 Å². The number of methoxy groups -OCH3 is 1. The molecule has 0 amide bonds. The number of rotatable bonds is 10. The maximum atomic E-state index is 12.2. The van der Waals surface area contributed by atoms with E-state index in [1.165, 1.54) is 11.3 Å². The molecule has 2 aromatic rings. The van der Waals surface area contributed by atoms with Gasteiger partial charge in [0.25, 0.3) is 0 Å². The Hall–Kier alpha value is -2.09. The van der Waals surface area contributed by atoms with Crippen LogP contribution in [0.5, 0.6) is 5.75 Å². The molecular weight excluding hydrogens is 388 g/mol. The highest BCUT2D eigenvalue weighted by atomic mass is 32.2. The first-order valence-corrected chi connectivity index (χ1v) is 11.7. The van der Waals surface area contributed by atoms with E-state index in [1.54, 1.807) is 7.11 Å². The minimum absolute atomic E-state index is 0.0908. The molecule has 0 radical (unpaired) electrons. The van der Waals surface area contributed by atoms with Crippen LogP contribution in [0.2, 0.25) is 0 Å². The highest BCUT2D eigenvalue weighted by molar-refractivity contribution is 7.89. The first kappa shape index (κ1) is 21.6. The molecule has 2 aromatic carbocycles. The van der Waals surface area contributed by atoms with E-state index in [-0.39, 0.29) is 5.75 Å². The Labute approximate surface area is 173 Å². The Morgan fingerprint density at radius 3 is 2.24 bits per heavy atom. The van der Waals surface area contributed by atoms with Crippen LogP contribution in [0.1, 0.15) is 17.5 Å². The number of benzene rings is 2. The lowest BCUT2D eigenvalue weighted by Gasteiger charge is -2.28. The number of hydrogen-bond acceptors (Lipinski definition) is 5. The number of morpholine rings is 1. The van der Waals surface area contributed by atoms with Gasteiger partial charge in [-0.25, -0.2) is 13.1 Å². The highest BCUT2D eigenvalue weighted by Crippen LogP contribution is 2.17. The van der Waals surface area contributed by atoms with Crippen molar-refractivity contribution in [2.24, 2.45) is 0 Å². The lowest BCUT2D eigenvalue weighted by molar-refractivity contribution is 0.122. The van der Waals surface area contributed by atoms with Gasteiger partial charge in [-0.05, 0) is 54.7 Å². The third-order valence-electron chi connectivity index (χ3n) is 5.10. The molecule has 0 aromatic heterocycles. The van der Waals surface area contributed by atoms with Gasteiger partial charge < -0.3 is 14.4 Å². The second kappa shape index (κ2) is 10.6. The van der Waals surface area contributed by atoms with Crippen molar-refractivity contribution in [3.05, 3.63) is 59.7 Å². The van der Waals surface area contributed by atoms with Crippen LogP contribution in [0, 0.1) is 0 Å². The molecule has 1 heterocycles. The second-order valence-electron chi connectivity index (χ2n) is 7.18. The molecule has 0 saturated carbocycles. The Morgan fingerprint density at radius 2 is 1.59 bits per heavy atom. The smallest absolute Gasteiger partial charge is 0.211 e. The normalized spacial score (nSPS) is 14.7. The fourth-order valence-corrected chi connectivity index (χ4v) is 4.44. The van der Waals surface area contributed by atoms with Crippen molar-refractivity contribution in [1.29, 1.82) is 0 Å². The monoisotopic (exact) mass is 418 g/mol. The van der Waals surface area contributed by atoms with Gasteiger partial charge in [-0.3, -0.25) is 0 Å². The Kier molecular flexibility index (Phi) is 7.91. The maximum Gasteiger partial charge on any atom is 0.211 e. The van der Waals surface area contributed by atoms with Crippen LogP contribution in [-0.4, -0.2) is 54.1 Å². The number of aryl methyl sites for hydroxylation is 2. The number of anilines is 1. The summed E-state index contributed by atoms with van der Waals surface area (Å²) < 4.78 is 37.6. The molecule has 1 N–H and O–H groups in total. The van der Waals surface area contributed by atoms with Crippen LogP contribution in [0.25, 0.3) is 0 Å². The predicted molar refractivity (Wildman–Crippen MR) is 116 cm³/mol. The molecule has 0 aliphatic carbocycles. The number of nitrogens with one attached hydrogen (secondary N) is 1. The van der Waals surface area contributed by atoms with Crippen LogP contribution in [-0.2, 0) is 27.6 Å². The van der Waals surface area contributed by atoms with Crippen LogP contribution < -0.4 is 14.4 Å². The molecule has 1 saturated heterocycles. The highest BCUT2D eigenvalue weighted by Gasteiger charge is 2.12. The zero-order valence-electron chi connectivity index (χ0n) is 17.0. The van der Waals surface area contributed by atoms with Crippen molar-refractivity contribution >= 4 is 15.7 Å². The summed E-state index contributed by atoms with van der Waals surface area (Å²) in [7, 11) is -1.66. The number of sulfonamides is 1. The summed E-state index contributed by atoms with van der Waals surface area (Å²) in [6.45, 7) is 3.87. The van der Waals surface area contributed by atoms with Crippen molar-refractivity contribution < 1.29 is 17.9 Å². The van der Waals surface area contributed by atoms with Crippen LogP contribution in [0.3, 0.4) is 0 Å². The summed E-state index contributed by atoms with van der Waals surface area (Å²) in [5.41, 5.74) is 3.42. The zero-order valence-corrected chi connectivity index (χ0v) is 17.8. The first-order valence-electron chi connectivity index (χ1n) is 10.1. The van der Waals surface area contributed by atoms with E-state index in [9.17, 15) is 8.42 Å². The third kappa shape index (κ3) is 7.03. The van der Waals surface area contributed by atoms with Crippen molar-refractivity contribution in [3.63, 3.8) is 0 Å². The Bertz CT molecular complexity index is 845. The van der Waals surface area contributed by atoms with Gasteiger partial charge in [-0.1, -0.05) is 24.3 Å². The van der Waals surface area contributed by atoms with Crippen molar-refractivity contribution in [2.45, 2.75) is 19.3 Å². The lowest BCUT2D eigenvalue weighted by atomic mass is 10.1. The lowest BCUT2D eigenvalue weighted by Crippen LogP contribution is -2.36. The molecule has 1 aliphatic heterocycles. The summed E-state index contributed by atoms with van der Waals surface area (Å²) >= 11 is 0. The predicted octanol–water partition coefficient (Wildman–Crippen LogP) is 2.63. The SMILES string of the molecule is COc1ccc(CCS(=O)(=O)NCCCc2ccc(N3CCOCC3)cc2)cc1. The van der Waals surface area contributed by atoms with E-state index in [1.807, 2.05) is 24.3 Å². The van der Waals surface area contributed by atoms with Crippen LogP contribution in [0.4, 0.5) is 5.69 Å². The molecule has 6 nitrogen and oxygen atoms in total. The summed E-state index contributed by atoms with van der Waals surface area (Å²) in [5, 5.41) is 0. The first-order chi connectivity index (χ1) is 14.1. The minimum Gasteiger partial charge on any atom is -0.497 e. The standard InChI is InChI=1S/C22H30N2O4S/c1-27-22-10-6-20(7-11-22)12-18-29(25,26)23-13-2-3-19-4-8-21(9-5-19)24-14-16-28-17-15-24/h4-11,23H,2-3,12-18H2,1H3. The summed E-state index contributed by atoms with van der Waals surface area (Å²) in [6, 6.07) is 16.0. The largest absolute Gasteiger partial charge is 0.497 e. The molecule has 158 valence electrons. The average molecular weight is 419 g/mol. The second-order valence-corrected chi connectivity index (χ2v) is 9.11. The van der Waals surface area contributed by atoms with Crippen molar-refractivity contribution in [1.82, 2.24) is 4.72 Å². The molecule has 0 bridgehead atoms. The summed E-state index contributed by atoms with van der Waals surface area (Å²) in [6.07, 6.45) is 2.12. The van der Waals surface area contributed by atoms with Crippen LogP contribution in [0.15, 0.2) is 48.5 Å². The van der Waals surface area contributed by atoms with Crippen molar-refractivity contribution in [2.75, 3.05) is 50.6 Å². The average Bonchev–Trinajstić information content (AvgIpc) is 2.77. The van der Waals surface area contributed by atoms with Gasteiger partial charge in [-0.15, -0.1) is 0 Å². The fraction of sp³-hybridized carbons (Fsp3) is 0.455. The van der Waals surface area contributed by atoms with E-state index < -0.39 is 10.0 Å². The molecule has 0 unspecified atom stereocenters. The number of ether oxygens (including phenoxy) is 2. The van der Waals surface area contributed by atoms with Gasteiger partial charge in [-0.2, -0.15) is 0 Å². The summed E-state index contributed by atoms with van der Waals surface area (Å²) in [4.78, 5) is 2.32. The van der Waals surface area contributed by atoms with Crippen LogP contribution >= 0.6 is 0 Å². The van der Waals surface area contributed by atoms with Gasteiger partial charge in [0.1, 0.15) is 5.75 Å². The number of hydrogen-bond donors (Lipinski definition) is 1. The molecule has 7 heteroatoms. The molecule has 29 heavy (non-hydrogen) atoms. The molecular formula is C22H30N2O4S. The van der Waals surface area contributed by atoms with Gasteiger partial charge in [0, 0.05) is 25.3 Å². The van der Waals surface area contributed by atoms with Crippen molar-refractivity contribution in [3.8, 4) is 5.75 Å². The van der Waals surface area contributed by atoms with E-state index in [4.69, 9.17) is 9.47 Å². The zero-order chi connectivity index (χ0) is 20.5. The van der Waals surface area contributed by atoms with Gasteiger partial charge in [0.05, 0.1) is 26.1 Å². The molecule has 1 fully saturated rings. The minimum atomic E-state index is -3.27. The molecule has 3 rings (SSSR count). The molecule has 0 atom stereocenters. The van der Waals surface area contributed by atoms with E-state index in [0.29, 0.717) is 13.0 Å². The third-order valence-corrected chi connectivity index (χ3v) is 6.48. The maximum absolute atomic E-state index is 12.2. The summed E-state index contributed by atoms with van der Waals surface area (Å²) in [5.74, 6) is 0.862. The fourth-order valence-electron chi connectivity index (χ4n) is 3.33. The van der Waals surface area contributed by atoms with E-state index in [2.05, 4.69) is 33.9 Å². The molecule has 0 spiro atoms.